The van der Waals surface area contributed by atoms with Crippen molar-refractivity contribution < 1.29 is 9.47 Å². The van der Waals surface area contributed by atoms with Crippen molar-refractivity contribution in [1.29, 1.82) is 0 Å². The van der Waals surface area contributed by atoms with Gasteiger partial charge in [0.1, 0.15) is 12.4 Å². The minimum Gasteiger partial charge on any atom is -0.492 e. The van der Waals surface area contributed by atoms with Crippen molar-refractivity contribution in [2.75, 3.05) is 32.9 Å². The van der Waals surface area contributed by atoms with Crippen LogP contribution in [0.1, 0.15) is 24.1 Å². The van der Waals surface area contributed by atoms with Crippen LogP contribution in [0.4, 0.5) is 0 Å². The zero-order chi connectivity index (χ0) is 16.9. The first kappa shape index (κ1) is 17.3. The molecule has 24 heavy (non-hydrogen) atoms. The zero-order valence-corrected chi connectivity index (χ0v) is 15.0. The van der Waals surface area contributed by atoms with E-state index in [1.54, 1.807) is 0 Å². The lowest BCUT2D eigenvalue weighted by Crippen LogP contribution is -2.38. The molecule has 1 aliphatic rings. The average molecular weight is 350 g/mol. The maximum atomic E-state index is 5.89. The van der Waals surface area contributed by atoms with Crippen LogP contribution in [0.2, 0.25) is 5.02 Å². The summed E-state index contributed by atoms with van der Waals surface area (Å²) >= 11 is 5.89. The number of ether oxygens (including phenoxy) is 2. The molecule has 3 rings (SSSR count). The highest BCUT2D eigenvalue weighted by molar-refractivity contribution is 6.30. The van der Waals surface area contributed by atoms with E-state index >= 15 is 0 Å². The maximum absolute atomic E-state index is 5.89. The Morgan fingerprint density at radius 1 is 1.29 bits per heavy atom. The van der Waals surface area contributed by atoms with Gasteiger partial charge in [-0.05, 0) is 31.2 Å². The van der Waals surface area contributed by atoms with E-state index in [1.165, 1.54) is 11.3 Å². The molecule has 0 N–H and O–H groups in total. The first-order valence-electron chi connectivity index (χ1n) is 8.36. The lowest BCUT2D eigenvalue weighted by molar-refractivity contribution is 0.101. The molecular formula is C18H24ClN3O2. The molecule has 0 aliphatic carbocycles. The Labute approximate surface area is 148 Å². The summed E-state index contributed by atoms with van der Waals surface area (Å²) in [6, 6.07) is 7.49. The van der Waals surface area contributed by atoms with Crippen LogP contribution in [-0.4, -0.2) is 47.6 Å². The standard InChI is InChI=1S/C18H24ClN3O2/c1-3-23-13-14-11-22(12-18-17(14)10-20-21(18)2)8-9-24-16-6-4-15(19)5-7-16/h4-7,10,14H,3,8-9,11-13H2,1-2H3/t14-/m1/s1. The van der Waals surface area contributed by atoms with Gasteiger partial charge in [0.15, 0.2) is 0 Å². The molecule has 130 valence electrons. The molecule has 2 heterocycles. The molecule has 0 amide bonds. The van der Waals surface area contributed by atoms with Gasteiger partial charge in [-0.3, -0.25) is 9.58 Å². The second-order valence-corrected chi connectivity index (χ2v) is 6.50. The third-order valence-corrected chi connectivity index (χ3v) is 4.65. The topological polar surface area (TPSA) is 39.5 Å². The summed E-state index contributed by atoms with van der Waals surface area (Å²) in [7, 11) is 2.00. The van der Waals surface area contributed by atoms with Gasteiger partial charge < -0.3 is 9.47 Å². The minimum absolute atomic E-state index is 0.373. The van der Waals surface area contributed by atoms with Crippen LogP contribution in [0, 0.1) is 0 Å². The summed E-state index contributed by atoms with van der Waals surface area (Å²) in [5, 5.41) is 5.14. The number of halogens is 1. The molecule has 1 aliphatic heterocycles. The first-order valence-corrected chi connectivity index (χ1v) is 8.74. The van der Waals surface area contributed by atoms with Crippen molar-refractivity contribution in [2.24, 2.45) is 7.05 Å². The van der Waals surface area contributed by atoms with Crippen LogP contribution in [-0.2, 0) is 18.3 Å². The minimum atomic E-state index is 0.373. The Morgan fingerprint density at radius 3 is 2.83 bits per heavy atom. The number of benzene rings is 1. The first-order chi connectivity index (χ1) is 11.7. The molecule has 5 nitrogen and oxygen atoms in total. The molecule has 0 saturated carbocycles. The van der Waals surface area contributed by atoms with Crippen molar-refractivity contribution in [1.82, 2.24) is 14.7 Å². The third kappa shape index (κ3) is 4.09. The van der Waals surface area contributed by atoms with Crippen molar-refractivity contribution in [3.05, 3.63) is 46.7 Å². The summed E-state index contributed by atoms with van der Waals surface area (Å²) in [5.41, 5.74) is 2.60. The van der Waals surface area contributed by atoms with Crippen LogP contribution >= 0.6 is 11.6 Å². The second kappa shape index (κ2) is 8.01. The van der Waals surface area contributed by atoms with E-state index in [4.69, 9.17) is 21.1 Å². The molecule has 0 spiro atoms. The molecule has 1 atom stereocenters. The molecule has 0 bridgehead atoms. The van der Waals surface area contributed by atoms with Gasteiger partial charge in [-0.15, -0.1) is 0 Å². The van der Waals surface area contributed by atoms with Gasteiger partial charge in [0, 0.05) is 49.8 Å². The van der Waals surface area contributed by atoms with Gasteiger partial charge >= 0.3 is 0 Å². The molecular weight excluding hydrogens is 326 g/mol. The van der Waals surface area contributed by atoms with Crippen molar-refractivity contribution in [3.8, 4) is 5.75 Å². The lowest BCUT2D eigenvalue weighted by Gasteiger charge is -2.32. The highest BCUT2D eigenvalue weighted by Gasteiger charge is 2.28. The molecule has 0 saturated heterocycles. The number of aromatic nitrogens is 2. The van der Waals surface area contributed by atoms with Gasteiger partial charge in [-0.2, -0.15) is 5.10 Å². The monoisotopic (exact) mass is 349 g/mol. The number of rotatable bonds is 7. The number of hydrogen-bond donors (Lipinski definition) is 0. The normalized spacial score (nSPS) is 17.7. The van der Waals surface area contributed by atoms with E-state index in [-0.39, 0.29) is 0 Å². The predicted octanol–water partition coefficient (Wildman–Crippen LogP) is 3.09. The highest BCUT2D eigenvalue weighted by atomic mass is 35.5. The van der Waals surface area contributed by atoms with Gasteiger partial charge in [0.25, 0.3) is 0 Å². The summed E-state index contributed by atoms with van der Waals surface area (Å²) < 4.78 is 13.5. The summed E-state index contributed by atoms with van der Waals surface area (Å²) in [6.45, 7) is 6.91. The zero-order valence-electron chi connectivity index (χ0n) is 14.2. The van der Waals surface area contributed by atoms with Crippen molar-refractivity contribution in [2.45, 2.75) is 19.4 Å². The molecule has 0 radical (unpaired) electrons. The van der Waals surface area contributed by atoms with Gasteiger partial charge in [-0.25, -0.2) is 0 Å². The van der Waals surface area contributed by atoms with E-state index < -0.39 is 0 Å². The second-order valence-electron chi connectivity index (χ2n) is 6.06. The van der Waals surface area contributed by atoms with Gasteiger partial charge in [0.2, 0.25) is 0 Å². The van der Waals surface area contributed by atoms with Crippen LogP contribution in [0.5, 0.6) is 5.75 Å². The van der Waals surface area contributed by atoms with Gasteiger partial charge in [-0.1, -0.05) is 11.6 Å². The van der Waals surface area contributed by atoms with Crippen LogP contribution in [0.25, 0.3) is 0 Å². The third-order valence-electron chi connectivity index (χ3n) is 4.40. The molecule has 6 heteroatoms. The van der Waals surface area contributed by atoms with Crippen molar-refractivity contribution >= 4 is 11.6 Å². The summed E-state index contributed by atoms with van der Waals surface area (Å²) in [6.07, 6.45) is 1.99. The SMILES string of the molecule is CCOC[C@H]1CN(CCOc2ccc(Cl)cc2)Cc2c1cnn2C. The lowest BCUT2D eigenvalue weighted by atomic mass is 9.95. The molecule has 2 aromatic rings. The smallest absolute Gasteiger partial charge is 0.119 e. The molecule has 1 aromatic carbocycles. The van der Waals surface area contributed by atoms with E-state index in [1.807, 2.05) is 49.1 Å². The fourth-order valence-electron chi connectivity index (χ4n) is 3.10. The largest absolute Gasteiger partial charge is 0.492 e. The van der Waals surface area contributed by atoms with E-state index in [0.717, 1.165) is 43.6 Å². The van der Waals surface area contributed by atoms with E-state index in [0.29, 0.717) is 12.5 Å². The number of fused-ring (bicyclic) bond motifs is 1. The Hall–Kier alpha value is -1.56. The Bertz CT molecular complexity index is 657. The summed E-state index contributed by atoms with van der Waals surface area (Å²) in [5.74, 6) is 1.22. The average Bonchev–Trinajstić information content (AvgIpc) is 2.96. The Kier molecular flexibility index (Phi) is 5.76. The van der Waals surface area contributed by atoms with E-state index in [9.17, 15) is 0 Å². The molecule has 0 fully saturated rings. The highest BCUT2D eigenvalue weighted by Crippen LogP contribution is 2.28. The predicted molar refractivity (Wildman–Crippen MR) is 94.7 cm³/mol. The van der Waals surface area contributed by atoms with Gasteiger partial charge in [0.05, 0.1) is 18.5 Å². The van der Waals surface area contributed by atoms with Crippen LogP contribution in [0.15, 0.2) is 30.5 Å². The summed E-state index contributed by atoms with van der Waals surface area (Å²) in [4.78, 5) is 2.41. The fraction of sp³-hybridized carbons (Fsp3) is 0.500. The number of hydrogen-bond acceptors (Lipinski definition) is 4. The van der Waals surface area contributed by atoms with Crippen LogP contribution in [0.3, 0.4) is 0 Å². The quantitative estimate of drug-likeness (QED) is 0.770. The Balaban J connectivity index is 1.58. The Morgan fingerprint density at radius 2 is 2.08 bits per heavy atom. The number of nitrogens with zero attached hydrogens (tertiary/aromatic N) is 3. The molecule has 1 aromatic heterocycles. The maximum Gasteiger partial charge on any atom is 0.119 e. The molecule has 0 unspecified atom stereocenters. The fourth-order valence-corrected chi connectivity index (χ4v) is 3.22. The van der Waals surface area contributed by atoms with E-state index in [2.05, 4.69) is 10.00 Å². The van der Waals surface area contributed by atoms with Crippen LogP contribution < -0.4 is 4.74 Å². The van der Waals surface area contributed by atoms with Crippen molar-refractivity contribution in [3.63, 3.8) is 0 Å². The number of aryl methyl sites for hydroxylation is 1.